The molecule has 1 rings (SSSR count). The zero-order chi connectivity index (χ0) is 15.5. The predicted octanol–water partition coefficient (Wildman–Crippen LogP) is 0.857. The van der Waals surface area contributed by atoms with E-state index in [0.29, 0.717) is 24.8 Å². The lowest BCUT2D eigenvalue weighted by Crippen LogP contribution is -2.37. The van der Waals surface area contributed by atoms with Crippen LogP contribution in [0, 0.1) is 12.3 Å². The minimum atomic E-state index is -0.508. The lowest BCUT2D eigenvalue weighted by Gasteiger charge is -2.09. The largest absolute Gasteiger partial charge is 0.484 e. The number of terminal acetylenes is 1. The topological polar surface area (TPSA) is 88.7 Å². The summed E-state index contributed by atoms with van der Waals surface area (Å²) in [6.07, 6.45) is 5.21. The van der Waals surface area contributed by atoms with Gasteiger partial charge in [0.2, 0.25) is 0 Å². The summed E-state index contributed by atoms with van der Waals surface area (Å²) in [5, 5.41) is 6.10. The van der Waals surface area contributed by atoms with Crippen LogP contribution in [0.4, 0.5) is 0 Å². The number of primary amides is 1. The molecule has 0 radical (unpaired) electrons. The number of ether oxygens (including phenoxy) is 1. The van der Waals surface area contributed by atoms with E-state index in [1.165, 1.54) is 0 Å². The van der Waals surface area contributed by atoms with Gasteiger partial charge in [-0.05, 0) is 24.6 Å². The number of nitrogens with zero attached hydrogens (tertiary/aromatic N) is 1. The van der Waals surface area contributed by atoms with Gasteiger partial charge < -0.3 is 21.1 Å². The van der Waals surface area contributed by atoms with Crippen LogP contribution in [0.1, 0.15) is 12.5 Å². The molecule has 1 aromatic carbocycles. The van der Waals surface area contributed by atoms with Gasteiger partial charge in [-0.15, -0.1) is 30.4 Å². The number of guanidine groups is 1. The van der Waals surface area contributed by atoms with Crippen molar-refractivity contribution in [2.24, 2.45) is 10.7 Å². The Labute approximate surface area is 147 Å². The standard InChI is InChI=1S/C15H20N4O2.HI/c1-3-8-18-15(17-4-2)19-10-12-6-5-7-13(9-12)21-11-14(16)20;/h1,5-7,9H,4,8,10-11H2,2H3,(H2,16,20)(H2,17,18,19);1H. The summed E-state index contributed by atoms with van der Waals surface area (Å²) >= 11 is 0. The van der Waals surface area contributed by atoms with Gasteiger partial charge in [0.15, 0.2) is 12.6 Å². The molecule has 7 heteroatoms. The number of benzene rings is 1. The highest BCUT2D eigenvalue weighted by Gasteiger charge is 2.00. The number of carbonyl (C=O) groups excluding carboxylic acids is 1. The fourth-order valence-electron chi connectivity index (χ4n) is 1.53. The zero-order valence-corrected chi connectivity index (χ0v) is 14.8. The number of aliphatic imine (C=N–C) groups is 1. The highest BCUT2D eigenvalue weighted by molar-refractivity contribution is 14.0. The number of nitrogens with one attached hydrogen (secondary N) is 2. The van der Waals surface area contributed by atoms with Crippen LogP contribution in [0.25, 0.3) is 0 Å². The summed E-state index contributed by atoms with van der Waals surface area (Å²) in [6.45, 7) is 3.46. The molecule has 0 spiro atoms. The average Bonchev–Trinajstić information content (AvgIpc) is 2.48. The summed E-state index contributed by atoms with van der Waals surface area (Å²) < 4.78 is 5.25. The number of hydrogen-bond acceptors (Lipinski definition) is 3. The molecule has 0 heterocycles. The van der Waals surface area contributed by atoms with Gasteiger partial charge in [0, 0.05) is 6.54 Å². The highest BCUT2D eigenvalue weighted by Crippen LogP contribution is 2.13. The summed E-state index contributed by atoms with van der Waals surface area (Å²) in [5.74, 6) is 3.23. The molecular formula is C15H21IN4O2. The number of nitrogens with two attached hydrogens (primary N) is 1. The third kappa shape index (κ3) is 8.36. The van der Waals surface area contributed by atoms with E-state index >= 15 is 0 Å². The Morgan fingerprint density at radius 2 is 2.23 bits per heavy atom. The minimum absolute atomic E-state index is 0. The molecule has 0 bridgehead atoms. The summed E-state index contributed by atoms with van der Waals surface area (Å²) in [5.41, 5.74) is 5.99. The third-order valence-corrected chi connectivity index (χ3v) is 2.40. The molecule has 0 saturated heterocycles. The Kier molecular flexibility index (Phi) is 10.6. The number of hydrogen-bond donors (Lipinski definition) is 3. The van der Waals surface area contributed by atoms with Gasteiger partial charge in [-0.3, -0.25) is 4.79 Å². The van der Waals surface area contributed by atoms with E-state index < -0.39 is 5.91 Å². The van der Waals surface area contributed by atoms with Crippen molar-refractivity contribution in [1.29, 1.82) is 0 Å². The van der Waals surface area contributed by atoms with Crippen molar-refractivity contribution in [1.82, 2.24) is 10.6 Å². The molecule has 4 N–H and O–H groups in total. The molecule has 22 heavy (non-hydrogen) atoms. The van der Waals surface area contributed by atoms with Crippen LogP contribution in [0.15, 0.2) is 29.3 Å². The monoisotopic (exact) mass is 416 g/mol. The van der Waals surface area contributed by atoms with Crippen LogP contribution in [0.3, 0.4) is 0 Å². The van der Waals surface area contributed by atoms with Gasteiger partial charge in [-0.25, -0.2) is 4.99 Å². The Morgan fingerprint density at radius 3 is 2.86 bits per heavy atom. The smallest absolute Gasteiger partial charge is 0.255 e. The number of carbonyl (C=O) groups is 1. The lowest BCUT2D eigenvalue weighted by molar-refractivity contribution is -0.119. The second kappa shape index (κ2) is 11.7. The maximum absolute atomic E-state index is 10.7. The van der Waals surface area contributed by atoms with Crippen LogP contribution in [-0.4, -0.2) is 31.6 Å². The summed E-state index contributed by atoms with van der Waals surface area (Å²) in [4.78, 5) is 15.1. The van der Waals surface area contributed by atoms with Gasteiger partial charge in [-0.2, -0.15) is 0 Å². The zero-order valence-electron chi connectivity index (χ0n) is 12.5. The molecule has 1 aromatic rings. The molecular weight excluding hydrogens is 395 g/mol. The molecule has 120 valence electrons. The van der Waals surface area contributed by atoms with Gasteiger partial charge >= 0.3 is 0 Å². The lowest BCUT2D eigenvalue weighted by atomic mass is 10.2. The van der Waals surface area contributed by atoms with Gasteiger partial charge in [0.1, 0.15) is 5.75 Å². The summed E-state index contributed by atoms with van der Waals surface area (Å²) in [7, 11) is 0. The third-order valence-electron chi connectivity index (χ3n) is 2.40. The first-order valence-electron chi connectivity index (χ1n) is 6.61. The van der Waals surface area contributed by atoms with E-state index in [1.54, 1.807) is 6.07 Å². The molecule has 0 aliphatic heterocycles. The molecule has 6 nitrogen and oxygen atoms in total. The van der Waals surface area contributed by atoms with E-state index in [1.807, 2.05) is 25.1 Å². The fraction of sp³-hybridized carbons (Fsp3) is 0.333. The minimum Gasteiger partial charge on any atom is -0.484 e. The molecule has 0 fully saturated rings. The fourth-order valence-corrected chi connectivity index (χ4v) is 1.53. The van der Waals surface area contributed by atoms with E-state index in [9.17, 15) is 4.79 Å². The van der Waals surface area contributed by atoms with Crippen LogP contribution in [-0.2, 0) is 11.3 Å². The maximum Gasteiger partial charge on any atom is 0.255 e. The SMILES string of the molecule is C#CCNC(=NCc1cccc(OCC(N)=O)c1)NCC.I. The van der Waals surface area contributed by atoms with Crippen molar-refractivity contribution in [2.75, 3.05) is 19.7 Å². The first kappa shape index (κ1) is 20.1. The van der Waals surface area contributed by atoms with Crippen LogP contribution >= 0.6 is 24.0 Å². The molecule has 0 aliphatic carbocycles. The van der Waals surface area contributed by atoms with Crippen molar-refractivity contribution in [3.05, 3.63) is 29.8 Å². The Balaban J connectivity index is 0.00000441. The van der Waals surface area contributed by atoms with Crippen molar-refractivity contribution >= 4 is 35.8 Å². The first-order chi connectivity index (χ1) is 10.2. The Morgan fingerprint density at radius 1 is 1.45 bits per heavy atom. The average molecular weight is 416 g/mol. The first-order valence-corrected chi connectivity index (χ1v) is 6.61. The quantitative estimate of drug-likeness (QED) is 0.266. The van der Waals surface area contributed by atoms with Gasteiger partial charge in [-0.1, -0.05) is 18.1 Å². The highest BCUT2D eigenvalue weighted by atomic mass is 127. The second-order valence-electron chi connectivity index (χ2n) is 4.16. The molecule has 0 aliphatic rings. The van der Waals surface area contributed by atoms with Crippen molar-refractivity contribution < 1.29 is 9.53 Å². The molecule has 0 saturated carbocycles. The molecule has 0 unspecified atom stereocenters. The molecule has 0 atom stereocenters. The maximum atomic E-state index is 10.7. The van der Waals surface area contributed by atoms with Crippen molar-refractivity contribution in [3.8, 4) is 18.1 Å². The number of amides is 1. The normalized spacial score (nSPS) is 10.1. The van der Waals surface area contributed by atoms with E-state index in [4.69, 9.17) is 16.9 Å². The molecule has 0 aromatic heterocycles. The second-order valence-corrected chi connectivity index (χ2v) is 4.16. The number of rotatable bonds is 7. The predicted molar refractivity (Wildman–Crippen MR) is 98.2 cm³/mol. The van der Waals surface area contributed by atoms with Crippen molar-refractivity contribution in [3.63, 3.8) is 0 Å². The van der Waals surface area contributed by atoms with Gasteiger partial charge in [0.25, 0.3) is 5.91 Å². The van der Waals surface area contributed by atoms with Crippen LogP contribution in [0.2, 0.25) is 0 Å². The molecule has 1 amide bonds. The van der Waals surface area contributed by atoms with Crippen LogP contribution in [0.5, 0.6) is 5.75 Å². The van der Waals surface area contributed by atoms with Crippen molar-refractivity contribution in [2.45, 2.75) is 13.5 Å². The van der Waals surface area contributed by atoms with E-state index in [-0.39, 0.29) is 30.6 Å². The van der Waals surface area contributed by atoms with E-state index in [0.717, 1.165) is 12.1 Å². The van der Waals surface area contributed by atoms with Crippen LogP contribution < -0.4 is 21.1 Å². The Hall–Kier alpha value is -1.95. The Bertz CT molecular complexity index is 541. The summed E-state index contributed by atoms with van der Waals surface area (Å²) in [6, 6.07) is 7.34. The number of halogens is 1. The van der Waals surface area contributed by atoms with Gasteiger partial charge in [0.05, 0.1) is 13.1 Å². The van der Waals surface area contributed by atoms with E-state index in [2.05, 4.69) is 21.5 Å².